The largest absolute Gasteiger partial charge is 0.462 e. The van der Waals surface area contributed by atoms with E-state index in [0.29, 0.717) is 44.4 Å². The number of amides is 2. The molecule has 208 valence electrons. The van der Waals surface area contributed by atoms with E-state index < -0.39 is 11.9 Å². The van der Waals surface area contributed by atoms with Crippen molar-refractivity contribution in [2.75, 3.05) is 23.0 Å². The first kappa shape index (κ1) is 29.6. The van der Waals surface area contributed by atoms with Crippen molar-refractivity contribution in [1.82, 2.24) is 14.8 Å². The number of aromatic nitrogens is 3. The highest BCUT2D eigenvalue weighted by atomic mass is 35.5. The van der Waals surface area contributed by atoms with Crippen LogP contribution in [0.1, 0.15) is 39.4 Å². The van der Waals surface area contributed by atoms with Crippen molar-refractivity contribution >= 4 is 74.8 Å². The normalized spacial score (nSPS) is 10.8. The summed E-state index contributed by atoms with van der Waals surface area (Å²) in [5.41, 5.74) is 1.88. The molecule has 2 aromatic carbocycles. The molecule has 2 N–H and O–H groups in total. The van der Waals surface area contributed by atoms with Crippen LogP contribution in [0.3, 0.4) is 0 Å². The second kappa shape index (κ2) is 13.3. The van der Waals surface area contributed by atoms with Gasteiger partial charge in [0.05, 0.1) is 22.9 Å². The van der Waals surface area contributed by atoms with Crippen LogP contribution in [0.5, 0.6) is 0 Å². The summed E-state index contributed by atoms with van der Waals surface area (Å²) in [6.45, 7) is 6.01. The van der Waals surface area contributed by atoms with E-state index in [4.69, 9.17) is 27.9 Å². The molecule has 0 fully saturated rings. The molecule has 0 aliphatic rings. The fourth-order valence-electron chi connectivity index (χ4n) is 3.82. The van der Waals surface area contributed by atoms with Gasteiger partial charge in [0.15, 0.2) is 11.0 Å². The lowest BCUT2D eigenvalue weighted by atomic mass is 10.1. The maximum absolute atomic E-state index is 13.2. The topological polar surface area (TPSA) is 115 Å². The fourth-order valence-corrected chi connectivity index (χ4v) is 6.23. The molecule has 0 saturated carbocycles. The number of carbonyl (C=O) groups is 3. The Morgan fingerprint density at radius 1 is 1.05 bits per heavy atom. The summed E-state index contributed by atoms with van der Waals surface area (Å²) in [4.78, 5) is 39.1. The number of anilines is 2. The van der Waals surface area contributed by atoms with Gasteiger partial charge in [-0.3, -0.25) is 9.59 Å². The van der Waals surface area contributed by atoms with E-state index in [9.17, 15) is 14.4 Å². The minimum absolute atomic E-state index is 0.0160. The number of hydrogen-bond acceptors (Lipinski definition) is 8. The van der Waals surface area contributed by atoms with Crippen molar-refractivity contribution in [3.63, 3.8) is 0 Å². The molecule has 2 heterocycles. The van der Waals surface area contributed by atoms with Gasteiger partial charge in [0.25, 0.3) is 5.91 Å². The maximum atomic E-state index is 13.2. The van der Waals surface area contributed by atoms with Gasteiger partial charge in [-0.05, 0) is 56.7 Å². The predicted octanol–water partition coefficient (Wildman–Crippen LogP) is 6.80. The minimum Gasteiger partial charge on any atom is -0.462 e. The van der Waals surface area contributed by atoms with Gasteiger partial charge in [-0.2, -0.15) is 0 Å². The average Bonchev–Trinajstić information content (AvgIpc) is 3.48. The number of hydrogen-bond donors (Lipinski definition) is 2. The van der Waals surface area contributed by atoms with Gasteiger partial charge in [0, 0.05) is 22.8 Å². The number of thioether (sulfide) groups is 1. The van der Waals surface area contributed by atoms with Crippen LogP contribution in [0.4, 0.5) is 10.7 Å². The van der Waals surface area contributed by atoms with E-state index in [2.05, 4.69) is 20.8 Å². The Bertz CT molecular complexity index is 1560. The van der Waals surface area contributed by atoms with Gasteiger partial charge in [0.2, 0.25) is 5.91 Å². The van der Waals surface area contributed by atoms with E-state index in [1.54, 1.807) is 56.3 Å². The van der Waals surface area contributed by atoms with Gasteiger partial charge in [-0.25, -0.2) is 4.79 Å². The SMILES string of the molecule is CCOC(=O)c1sc(NC(=O)CSc2nnc(-c3ccc(Cl)cc3Cl)n2CC)c(C(=O)Nc2ccccc2)c1C. The molecule has 4 aromatic rings. The highest BCUT2D eigenvalue weighted by Crippen LogP contribution is 2.35. The predicted molar refractivity (Wildman–Crippen MR) is 160 cm³/mol. The molecule has 0 radical (unpaired) electrons. The van der Waals surface area contributed by atoms with Crippen LogP contribution in [0.25, 0.3) is 11.4 Å². The quantitative estimate of drug-likeness (QED) is 0.148. The first-order valence-electron chi connectivity index (χ1n) is 12.2. The van der Waals surface area contributed by atoms with Crippen LogP contribution in [0, 0.1) is 6.92 Å². The molecule has 9 nitrogen and oxygen atoms in total. The molecule has 0 aliphatic heterocycles. The van der Waals surface area contributed by atoms with Gasteiger partial charge in [0.1, 0.15) is 9.88 Å². The molecular formula is C27H25Cl2N5O4S2. The standard InChI is InChI=1S/C27H25Cl2N5O4S2/c1-4-34-23(18-12-11-16(28)13-19(18)29)32-33-27(34)39-14-20(35)31-25-21(15(3)22(40-25)26(37)38-5-2)24(36)30-17-9-7-6-8-10-17/h6-13H,4-5,14H2,1-3H3,(H,30,36)(H,31,35). The third-order valence-corrected chi connectivity index (χ3v) is 8.36. The van der Waals surface area contributed by atoms with E-state index in [0.717, 1.165) is 11.3 Å². The molecule has 0 bridgehead atoms. The molecule has 0 atom stereocenters. The van der Waals surface area contributed by atoms with E-state index >= 15 is 0 Å². The number of nitrogens with one attached hydrogen (secondary N) is 2. The zero-order chi connectivity index (χ0) is 28.8. The minimum atomic E-state index is -0.557. The van der Waals surface area contributed by atoms with Crippen LogP contribution < -0.4 is 10.6 Å². The molecule has 0 unspecified atom stereocenters. The Hall–Kier alpha value is -3.38. The molecule has 0 aliphatic carbocycles. The first-order valence-corrected chi connectivity index (χ1v) is 14.8. The van der Waals surface area contributed by atoms with Crippen molar-refractivity contribution in [2.24, 2.45) is 0 Å². The van der Waals surface area contributed by atoms with Crippen LogP contribution in [0.15, 0.2) is 53.7 Å². The summed E-state index contributed by atoms with van der Waals surface area (Å²) in [7, 11) is 0. The number of ether oxygens (including phenoxy) is 1. The summed E-state index contributed by atoms with van der Waals surface area (Å²) in [5.74, 6) is -0.850. The fraction of sp³-hybridized carbons (Fsp3) is 0.222. The number of esters is 1. The van der Waals surface area contributed by atoms with Gasteiger partial charge in [-0.15, -0.1) is 21.5 Å². The van der Waals surface area contributed by atoms with Gasteiger partial charge >= 0.3 is 5.97 Å². The van der Waals surface area contributed by atoms with Crippen LogP contribution in [-0.2, 0) is 16.1 Å². The summed E-state index contributed by atoms with van der Waals surface area (Å²) in [6, 6.07) is 14.0. The van der Waals surface area contributed by atoms with Crippen LogP contribution >= 0.6 is 46.3 Å². The lowest BCUT2D eigenvalue weighted by molar-refractivity contribution is -0.113. The number of halogens is 2. The number of para-hydroxylation sites is 1. The van der Waals surface area contributed by atoms with Crippen molar-refractivity contribution in [3.05, 3.63) is 74.6 Å². The Kier molecular flexibility index (Phi) is 9.85. The molecule has 0 spiro atoms. The number of rotatable bonds is 10. The number of thiophene rings is 1. The Morgan fingerprint density at radius 2 is 1.80 bits per heavy atom. The van der Waals surface area contributed by atoms with E-state index in [-0.39, 0.29) is 33.7 Å². The Labute approximate surface area is 249 Å². The zero-order valence-electron chi connectivity index (χ0n) is 21.8. The Morgan fingerprint density at radius 3 is 2.48 bits per heavy atom. The van der Waals surface area contributed by atoms with E-state index in [1.165, 1.54) is 11.8 Å². The molecular weight excluding hydrogens is 593 g/mol. The highest BCUT2D eigenvalue weighted by molar-refractivity contribution is 7.99. The monoisotopic (exact) mass is 617 g/mol. The molecule has 13 heteroatoms. The summed E-state index contributed by atoms with van der Waals surface area (Å²) in [5, 5.41) is 15.8. The third-order valence-electron chi connectivity index (χ3n) is 5.66. The van der Waals surface area contributed by atoms with Gasteiger partial charge < -0.3 is 19.9 Å². The lowest BCUT2D eigenvalue weighted by Gasteiger charge is -2.10. The molecule has 2 aromatic heterocycles. The maximum Gasteiger partial charge on any atom is 0.348 e. The summed E-state index contributed by atoms with van der Waals surface area (Å²) < 4.78 is 7.00. The van der Waals surface area contributed by atoms with Crippen molar-refractivity contribution in [1.29, 1.82) is 0 Å². The molecule has 0 saturated heterocycles. The zero-order valence-corrected chi connectivity index (χ0v) is 24.9. The molecule has 40 heavy (non-hydrogen) atoms. The number of benzene rings is 2. The third kappa shape index (κ3) is 6.67. The van der Waals surface area contributed by atoms with Crippen LogP contribution in [0.2, 0.25) is 10.0 Å². The lowest BCUT2D eigenvalue weighted by Crippen LogP contribution is -2.19. The van der Waals surface area contributed by atoms with E-state index in [1.807, 2.05) is 17.6 Å². The second-order valence-electron chi connectivity index (χ2n) is 8.31. The van der Waals surface area contributed by atoms with Crippen LogP contribution in [-0.4, -0.2) is 44.9 Å². The van der Waals surface area contributed by atoms with Crippen molar-refractivity contribution in [3.8, 4) is 11.4 Å². The molecule has 2 amide bonds. The summed E-state index contributed by atoms with van der Waals surface area (Å²) in [6.07, 6.45) is 0. The average molecular weight is 619 g/mol. The number of carbonyl (C=O) groups excluding carboxylic acids is 3. The summed E-state index contributed by atoms with van der Waals surface area (Å²) >= 11 is 14.6. The number of nitrogens with zero attached hydrogens (tertiary/aromatic N) is 3. The Balaban J connectivity index is 1.54. The molecule has 4 rings (SSSR count). The highest BCUT2D eigenvalue weighted by Gasteiger charge is 2.27. The second-order valence-corrected chi connectivity index (χ2v) is 11.1. The van der Waals surface area contributed by atoms with Crippen molar-refractivity contribution in [2.45, 2.75) is 32.5 Å². The first-order chi connectivity index (χ1) is 19.2. The van der Waals surface area contributed by atoms with Crippen molar-refractivity contribution < 1.29 is 19.1 Å². The smallest absolute Gasteiger partial charge is 0.348 e. The van der Waals surface area contributed by atoms with Gasteiger partial charge in [-0.1, -0.05) is 53.2 Å².